The number of piperidine rings is 1. The lowest BCUT2D eigenvalue weighted by atomic mass is 9.93. The van der Waals surface area contributed by atoms with Crippen LogP contribution in [0.15, 0.2) is 51.6 Å². The average Bonchev–Trinajstić information content (AvgIpc) is 3.29. The summed E-state index contributed by atoms with van der Waals surface area (Å²) in [6, 6.07) is 7.02. The third-order valence-electron chi connectivity index (χ3n) is 6.72. The van der Waals surface area contributed by atoms with Gasteiger partial charge in [0.25, 0.3) is 0 Å². The maximum absolute atomic E-state index is 13.4. The molecule has 1 aromatic rings. The number of carbonyl (C=O) groups is 3. The summed E-state index contributed by atoms with van der Waals surface area (Å²) in [7, 11) is 1.60. The van der Waals surface area contributed by atoms with E-state index in [-0.39, 0.29) is 30.3 Å². The van der Waals surface area contributed by atoms with E-state index in [1.807, 2.05) is 55.3 Å². The van der Waals surface area contributed by atoms with Crippen molar-refractivity contribution in [2.45, 2.75) is 59.1 Å². The quantitative estimate of drug-likeness (QED) is 0.447. The molecule has 3 heterocycles. The number of nitrogens with zero attached hydrogens (tertiary/aromatic N) is 3. The number of allylic oxidation sites excluding steroid dienone is 1. The Hall–Kier alpha value is -3.27. The second kappa shape index (κ2) is 12.1. The van der Waals surface area contributed by atoms with Crippen LogP contribution < -0.4 is 4.74 Å². The molecule has 1 fully saturated rings. The Morgan fingerprint density at radius 1 is 1.18 bits per heavy atom. The molecule has 0 bridgehead atoms. The molecular formula is C28H35N3O6S. The van der Waals surface area contributed by atoms with Gasteiger partial charge in [0.15, 0.2) is 5.17 Å². The Bertz CT molecular complexity index is 1170. The smallest absolute Gasteiger partial charge is 0.338 e. The predicted octanol–water partition coefficient (Wildman–Crippen LogP) is 4.41. The van der Waals surface area contributed by atoms with E-state index < -0.39 is 12.0 Å². The van der Waals surface area contributed by atoms with Crippen LogP contribution in [0.4, 0.5) is 0 Å². The van der Waals surface area contributed by atoms with Gasteiger partial charge in [-0.25, -0.2) is 9.79 Å². The molecule has 3 aliphatic heterocycles. The van der Waals surface area contributed by atoms with Gasteiger partial charge in [-0.15, -0.1) is 0 Å². The van der Waals surface area contributed by atoms with Gasteiger partial charge in [0.05, 0.1) is 49.5 Å². The molecule has 1 aromatic carbocycles. The molecule has 0 aliphatic carbocycles. The van der Waals surface area contributed by atoms with Crippen molar-refractivity contribution in [2.75, 3.05) is 26.8 Å². The number of aliphatic imine (C=N–C) groups is 1. The van der Waals surface area contributed by atoms with E-state index in [4.69, 9.17) is 19.2 Å². The molecule has 10 heteroatoms. The number of methoxy groups -OCH3 is 1. The molecular weight excluding hydrogens is 506 g/mol. The number of amidine groups is 1. The summed E-state index contributed by atoms with van der Waals surface area (Å²) < 4.78 is 16.1. The zero-order valence-corrected chi connectivity index (χ0v) is 23.4. The second-order valence-corrected chi connectivity index (χ2v) is 10.6. The highest BCUT2D eigenvalue weighted by atomic mass is 32.2. The van der Waals surface area contributed by atoms with E-state index in [1.165, 1.54) is 11.8 Å². The number of fused-ring (bicyclic) bond motifs is 1. The molecule has 0 saturated carbocycles. The van der Waals surface area contributed by atoms with Crippen molar-refractivity contribution in [3.63, 3.8) is 0 Å². The molecule has 3 aliphatic rings. The highest BCUT2D eigenvalue weighted by Crippen LogP contribution is 2.45. The number of likely N-dealkylation sites (tertiary alicyclic amines) is 1. The Kier molecular flexibility index (Phi) is 8.81. The van der Waals surface area contributed by atoms with Gasteiger partial charge in [-0.2, -0.15) is 0 Å². The third-order valence-corrected chi connectivity index (χ3v) is 7.61. The zero-order valence-electron chi connectivity index (χ0n) is 22.6. The lowest BCUT2D eigenvalue weighted by molar-refractivity contribution is -0.151. The number of amides is 1. The molecule has 9 nitrogen and oxygen atoms in total. The number of carbonyl (C=O) groups excluding carboxylic acids is 3. The van der Waals surface area contributed by atoms with Crippen LogP contribution in [0.5, 0.6) is 5.75 Å². The first-order chi connectivity index (χ1) is 18.2. The summed E-state index contributed by atoms with van der Waals surface area (Å²) in [5, 5.41) is 2.62. The summed E-state index contributed by atoms with van der Waals surface area (Å²) in [6.45, 7) is 8.49. The fourth-order valence-corrected chi connectivity index (χ4v) is 5.90. The van der Waals surface area contributed by atoms with E-state index >= 15 is 0 Å². The highest BCUT2D eigenvalue weighted by Gasteiger charge is 2.42. The summed E-state index contributed by atoms with van der Waals surface area (Å²) in [5.74, 6) is -0.357. The van der Waals surface area contributed by atoms with Gasteiger partial charge in [-0.3, -0.25) is 9.59 Å². The monoisotopic (exact) mass is 541 g/mol. The van der Waals surface area contributed by atoms with Crippen LogP contribution in [-0.2, 0) is 23.9 Å². The number of esters is 2. The highest BCUT2D eigenvalue weighted by molar-refractivity contribution is 8.16. The van der Waals surface area contributed by atoms with Gasteiger partial charge in [-0.05, 0) is 63.6 Å². The number of ether oxygens (including phenoxy) is 3. The van der Waals surface area contributed by atoms with Gasteiger partial charge < -0.3 is 24.0 Å². The fourth-order valence-electron chi connectivity index (χ4n) is 4.93. The Balaban J connectivity index is 1.61. The summed E-state index contributed by atoms with van der Waals surface area (Å²) in [5.41, 5.74) is 2.63. The van der Waals surface area contributed by atoms with Gasteiger partial charge in [0, 0.05) is 18.8 Å². The fraction of sp³-hybridized carbons (Fsp3) is 0.500. The molecule has 38 heavy (non-hydrogen) atoms. The lowest BCUT2D eigenvalue weighted by Crippen LogP contribution is -2.44. The van der Waals surface area contributed by atoms with E-state index in [2.05, 4.69) is 0 Å². The standard InChI is InChI=1S/C28H35N3O6S/c1-6-36-26(33)20-8-7-13-30(15-20)23(32)14-21-16-38-28-29-18(4)24(27(34)37-17(2)3)25(31(21)28)19-9-11-22(35-5)12-10-19/h9-12,16-17,20,25H,6-8,13-15H2,1-5H3/t20-,25-/m1/s1. The minimum Gasteiger partial charge on any atom is -0.497 e. The van der Waals surface area contributed by atoms with Gasteiger partial charge in [-0.1, -0.05) is 23.9 Å². The lowest BCUT2D eigenvalue weighted by Gasteiger charge is -2.37. The molecule has 0 aromatic heterocycles. The molecule has 2 atom stereocenters. The first-order valence-electron chi connectivity index (χ1n) is 13.0. The van der Waals surface area contributed by atoms with Crippen LogP contribution in [0.2, 0.25) is 0 Å². The van der Waals surface area contributed by atoms with E-state index in [9.17, 15) is 14.4 Å². The van der Waals surface area contributed by atoms with Crippen molar-refractivity contribution < 1.29 is 28.6 Å². The van der Waals surface area contributed by atoms with Crippen molar-refractivity contribution in [1.29, 1.82) is 0 Å². The Labute approximate surface area is 227 Å². The Morgan fingerprint density at radius 3 is 2.58 bits per heavy atom. The minimum absolute atomic E-state index is 0.0711. The Morgan fingerprint density at radius 2 is 1.92 bits per heavy atom. The first kappa shape index (κ1) is 27.8. The molecule has 0 spiro atoms. The minimum atomic E-state index is -0.512. The third kappa shape index (κ3) is 5.90. The molecule has 0 radical (unpaired) electrons. The number of benzene rings is 1. The van der Waals surface area contributed by atoms with Crippen molar-refractivity contribution in [1.82, 2.24) is 9.80 Å². The average molecular weight is 542 g/mol. The van der Waals surface area contributed by atoms with Crippen molar-refractivity contribution in [2.24, 2.45) is 10.9 Å². The van der Waals surface area contributed by atoms with E-state index in [0.29, 0.717) is 41.9 Å². The predicted molar refractivity (Wildman–Crippen MR) is 145 cm³/mol. The van der Waals surface area contributed by atoms with Crippen molar-refractivity contribution >= 4 is 34.8 Å². The molecule has 204 valence electrons. The van der Waals surface area contributed by atoms with Gasteiger partial charge >= 0.3 is 11.9 Å². The zero-order chi connectivity index (χ0) is 27.4. The van der Waals surface area contributed by atoms with Crippen molar-refractivity contribution in [3.8, 4) is 5.75 Å². The number of hydrogen-bond donors (Lipinski definition) is 0. The summed E-state index contributed by atoms with van der Waals surface area (Å²) in [6.07, 6.45) is 1.30. The van der Waals surface area contributed by atoms with Gasteiger partial charge in [0.2, 0.25) is 5.91 Å². The first-order valence-corrected chi connectivity index (χ1v) is 13.8. The maximum Gasteiger partial charge on any atom is 0.338 e. The molecule has 0 N–H and O–H groups in total. The summed E-state index contributed by atoms with van der Waals surface area (Å²) >= 11 is 1.43. The SMILES string of the molecule is CCOC(=O)[C@@H]1CCCN(C(=O)CC2=CSC3=NC(C)=C(C(=O)OC(C)C)[C@@H](c4ccc(OC)cc4)N23)C1. The molecule has 1 saturated heterocycles. The van der Waals surface area contributed by atoms with Gasteiger partial charge in [0.1, 0.15) is 5.75 Å². The van der Waals surface area contributed by atoms with E-state index in [1.54, 1.807) is 18.9 Å². The van der Waals surface area contributed by atoms with Crippen molar-refractivity contribution in [3.05, 3.63) is 52.2 Å². The second-order valence-electron chi connectivity index (χ2n) is 9.73. The molecule has 4 rings (SSSR count). The van der Waals surface area contributed by atoms with Crippen LogP contribution in [0, 0.1) is 5.92 Å². The maximum atomic E-state index is 13.4. The van der Waals surface area contributed by atoms with Crippen LogP contribution >= 0.6 is 11.8 Å². The number of rotatable bonds is 8. The molecule has 0 unspecified atom stereocenters. The normalized spacial score (nSPS) is 21.1. The number of thioether (sulfide) groups is 1. The molecule has 1 amide bonds. The van der Waals surface area contributed by atoms with Crippen LogP contribution in [0.3, 0.4) is 0 Å². The topological polar surface area (TPSA) is 97.7 Å². The van der Waals surface area contributed by atoms with Crippen LogP contribution in [-0.4, -0.2) is 65.7 Å². The largest absolute Gasteiger partial charge is 0.497 e. The number of hydrogen-bond acceptors (Lipinski definition) is 9. The van der Waals surface area contributed by atoms with Crippen LogP contribution in [0.1, 0.15) is 58.6 Å². The van der Waals surface area contributed by atoms with Crippen LogP contribution in [0.25, 0.3) is 0 Å². The van der Waals surface area contributed by atoms with E-state index in [0.717, 1.165) is 24.1 Å². The summed E-state index contributed by atoms with van der Waals surface area (Å²) in [4.78, 5) is 47.4.